The molecule has 3 heterocycles. The lowest BCUT2D eigenvalue weighted by Crippen LogP contribution is -2.52. The average Bonchev–Trinajstić information content (AvgIpc) is 2.94. The molecule has 5 nitrogen and oxygen atoms in total. The van der Waals surface area contributed by atoms with E-state index in [9.17, 15) is 4.79 Å². The number of amides is 1. The van der Waals surface area contributed by atoms with Crippen molar-refractivity contribution >= 4 is 21.8 Å². The van der Waals surface area contributed by atoms with Crippen LogP contribution < -0.4 is 0 Å². The molecule has 2 saturated heterocycles. The molecule has 2 fully saturated rings. The first-order valence-corrected chi connectivity index (χ1v) is 10.1. The van der Waals surface area contributed by atoms with Gasteiger partial charge in [-0.05, 0) is 73.3 Å². The van der Waals surface area contributed by atoms with E-state index in [4.69, 9.17) is 4.74 Å². The molecule has 1 aromatic carbocycles. The molecule has 0 bridgehead atoms. The summed E-state index contributed by atoms with van der Waals surface area (Å²) in [6.45, 7) is 6.41. The van der Waals surface area contributed by atoms with E-state index in [0.29, 0.717) is 12.0 Å². The summed E-state index contributed by atoms with van der Waals surface area (Å²) < 4.78 is 8.54. The van der Waals surface area contributed by atoms with Crippen molar-refractivity contribution in [2.24, 2.45) is 5.92 Å². The molecule has 4 rings (SSSR count). The Bertz CT molecular complexity index is 813. The number of piperidine rings is 1. The van der Waals surface area contributed by atoms with E-state index >= 15 is 0 Å². The predicted octanol–water partition coefficient (Wildman–Crippen LogP) is 3.89. The molecule has 2 aliphatic rings. The van der Waals surface area contributed by atoms with Gasteiger partial charge in [-0.2, -0.15) is 5.10 Å². The van der Waals surface area contributed by atoms with E-state index in [2.05, 4.69) is 25.9 Å². The van der Waals surface area contributed by atoms with Gasteiger partial charge >= 0.3 is 0 Å². The van der Waals surface area contributed by atoms with Gasteiger partial charge in [0.25, 0.3) is 5.91 Å². The van der Waals surface area contributed by atoms with Crippen LogP contribution in [0.15, 0.2) is 28.7 Å². The van der Waals surface area contributed by atoms with Gasteiger partial charge in [-0.15, -0.1) is 0 Å². The Balaban J connectivity index is 1.56. The molecule has 0 spiro atoms. The highest BCUT2D eigenvalue weighted by Crippen LogP contribution is 2.31. The molecular formula is C20H24BrN3O2. The molecule has 2 atom stereocenters. The molecule has 0 unspecified atom stereocenters. The van der Waals surface area contributed by atoms with Gasteiger partial charge in [-0.1, -0.05) is 0 Å². The van der Waals surface area contributed by atoms with Gasteiger partial charge in [-0.25, -0.2) is 4.68 Å². The van der Waals surface area contributed by atoms with Gasteiger partial charge in [-0.3, -0.25) is 4.79 Å². The zero-order chi connectivity index (χ0) is 18.3. The van der Waals surface area contributed by atoms with E-state index < -0.39 is 0 Å². The van der Waals surface area contributed by atoms with Crippen molar-refractivity contribution in [3.8, 4) is 5.69 Å². The number of benzene rings is 1. The van der Waals surface area contributed by atoms with Crippen LogP contribution in [0.25, 0.3) is 5.69 Å². The van der Waals surface area contributed by atoms with Crippen LogP contribution in [0.5, 0.6) is 0 Å². The molecule has 138 valence electrons. The van der Waals surface area contributed by atoms with Gasteiger partial charge in [0, 0.05) is 30.7 Å². The quantitative estimate of drug-likeness (QED) is 0.744. The number of carbonyl (C=O) groups is 1. The summed E-state index contributed by atoms with van der Waals surface area (Å²) in [5, 5.41) is 4.56. The second-order valence-electron chi connectivity index (χ2n) is 7.28. The third-order valence-corrected chi connectivity index (χ3v) is 6.78. The summed E-state index contributed by atoms with van der Waals surface area (Å²) in [5.41, 5.74) is 3.74. The summed E-state index contributed by atoms with van der Waals surface area (Å²) in [6, 6.07) is 8.13. The Morgan fingerprint density at radius 2 is 2.00 bits per heavy atom. The Morgan fingerprint density at radius 1 is 1.23 bits per heavy atom. The van der Waals surface area contributed by atoms with Crippen molar-refractivity contribution in [1.82, 2.24) is 14.7 Å². The Kier molecular flexibility index (Phi) is 4.88. The van der Waals surface area contributed by atoms with Gasteiger partial charge in [0.15, 0.2) is 0 Å². The smallest absolute Gasteiger partial charge is 0.254 e. The first kappa shape index (κ1) is 17.7. The summed E-state index contributed by atoms with van der Waals surface area (Å²) in [5.74, 6) is 0.635. The van der Waals surface area contributed by atoms with Crippen molar-refractivity contribution in [3.05, 3.63) is 45.7 Å². The van der Waals surface area contributed by atoms with Crippen LogP contribution in [0.3, 0.4) is 0 Å². The molecule has 2 aliphatic heterocycles. The van der Waals surface area contributed by atoms with Crippen LogP contribution in [0.1, 0.15) is 41.0 Å². The van der Waals surface area contributed by atoms with E-state index in [1.165, 1.54) is 6.42 Å². The molecule has 1 amide bonds. The number of aryl methyl sites for hydroxylation is 1. The zero-order valence-corrected chi connectivity index (χ0v) is 16.8. The van der Waals surface area contributed by atoms with Crippen LogP contribution in [-0.4, -0.2) is 46.4 Å². The van der Waals surface area contributed by atoms with Crippen LogP contribution in [-0.2, 0) is 4.74 Å². The summed E-state index contributed by atoms with van der Waals surface area (Å²) in [6.07, 6.45) is 3.18. The third-order valence-electron chi connectivity index (χ3n) is 5.63. The minimum Gasteiger partial charge on any atom is -0.381 e. The van der Waals surface area contributed by atoms with Crippen LogP contribution in [0.4, 0.5) is 0 Å². The number of hydrogen-bond donors (Lipinski definition) is 0. The van der Waals surface area contributed by atoms with E-state index in [0.717, 1.165) is 59.7 Å². The number of likely N-dealkylation sites (tertiary alicyclic amines) is 1. The highest BCUT2D eigenvalue weighted by Gasteiger charge is 2.36. The lowest BCUT2D eigenvalue weighted by atomic mass is 9.86. The fraction of sp³-hybridized carbons (Fsp3) is 0.500. The summed E-state index contributed by atoms with van der Waals surface area (Å²) in [4.78, 5) is 15.2. The Morgan fingerprint density at radius 3 is 2.69 bits per heavy atom. The molecular weight excluding hydrogens is 394 g/mol. The van der Waals surface area contributed by atoms with Crippen molar-refractivity contribution in [2.45, 2.75) is 39.2 Å². The fourth-order valence-electron chi connectivity index (χ4n) is 4.20. The molecule has 26 heavy (non-hydrogen) atoms. The first-order chi connectivity index (χ1) is 12.6. The molecule has 0 saturated carbocycles. The van der Waals surface area contributed by atoms with Crippen molar-refractivity contribution < 1.29 is 9.53 Å². The topological polar surface area (TPSA) is 47.4 Å². The molecule has 0 N–H and O–H groups in total. The Hall–Kier alpha value is -1.66. The second kappa shape index (κ2) is 7.16. The molecule has 0 aliphatic carbocycles. The number of hydrogen-bond acceptors (Lipinski definition) is 3. The van der Waals surface area contributed by atoms with Crippen LogP contribution in [0, 0.1) is 19.8 Å². The molecule has 1 aromatic heterocycles. The number of carbonyl (C=O) groups excluding carboxylic acids is 1. The predicted molar refractivity (Wildman–Crippen MR) is 104 cm³/mol. The molecule has 0 radical (unpaired) electrons. The number of nitrogens with zero attached hydrogens (tertiary/aromatic N) is 3. The average molecular weight is 418 g/mol. The van der Waals surface area contributed by atoms with E-state index in [1.807, 2.05) is 42.8 Å². The van der Waals surface area contributed by atoms with Crippen LogP contribution in [0.2, 0.25) is 0 Å². The largest absolute Gasteiger partial charge is 0.381 e. The number of fused-ring (bicyclic) bond motifs is 1. The van der Waals surface area contributed by atoms with Gasteiger partial charge in [0.05, 0.1) is 28.2 Å². The Labute approximate surface area is 162 Å². The fourth-order valence-corrected chi connectivity index (χ4v) is 4.45. The van der Waals surface area contributed by atoms with Gasteiger partial charge in [0.1, 0.15) is 0 Å². The maximum atomic E-state index is 13.1. The monoisotopic (exact) mass is 417 g/mol. The number of rotatable bonds is 2. The van der Waals surface area contributed by atoms with Crippen molar-refractivity contribution in [3.63, 3.8) is 0 Å². The molecule has 2 aromatic rings. The second-order valence-corrected chi connectivity index (χ2v) is 8.07. The summed E-state index contributed by atoms with van der Waals surface area (Å²) >= 11 is 3.57. The van der Waals surface area contributed by atoms with Crippen LogP contribution >= 0.6 is 15.9 Å². The maximum Gasteiger partial charge on any atom is 0.254 e. The normalized spacial score (nSPS) is 23.0. The lowest BCUT2D eigenvalue weighted by molar-refractivity contribution is -0.0271. The summed E-state index contributed by atoms with van der Waals surface area (Å²) in [7, 11) is 0. The minimum absolute atomic E-state index is 0.141. The number of aromatic nitrogens is 2. The number of halogens is 1. The highest BCUT2D eigenvalue weighted by molar-refractivity contribution is 9.10. The van der Waals surface area contributed by atoms with Gasteiger partial charge in [0.2, 0.25) is 0 Å². The highest BCUT2D eigenvalue weighted by atomic mass is 79.9. The SMILES string of the molecule is Cc1nn(-c2ccc(C(=O)N3CCC[C@@H]4COCC[C@@H]43)cc2)c(C)c1Br. The van der Waals surface area contributed by atoms with Gasteiger partial charge < -0.3 is 9.64 Å². The molecule has 6 heteroatoms. The maximum absolute atomic E-state index is 13.1. The van der Waals surface area contributed by atoms with Crippen molar-refractivity contribution in [2.75, 3.05) is 19.8 Å². The number of ether oxygens (including phenoxy) is 1. The van der Waals surface area contributed by atoms with E-state index in [-0.39, 0.29) is 5.91 Å². The minimum atomic E-state index is 0.141. The standard InChI is InChI=1S/C20H24BrN3O2/c1-13-19(21)14(2)24(22-13)17-7-5-15(6-8-17)20(25)23-10-3-4-16-12-26-11-9-18(16)23/h5-8,16,18H,3-4,9-12H2,1-2H3/t16-,18+/m1/s1. The van der Waals surface area contributed by atoms with E-state index in [1.54, 1.807) is 0 Å². The lowest BCUT2D eigenvalue weighted by Gasteiger charge is -2.43. The third kappa shape index (κ3) is 3.09. The van der Waals surface area contributed by atoms with Crippen molar-refractivity contribution in [1.29, 1.82) is 0 Å². The first-order valence-electron chi connectivity index (χ1n) is 9.27. The zero-order valence-electron chi connectivity index (χ0n) is 15.2.